The Hall–Kier alpha value is -1.82. The molecule has 17 heavy (non-hydrogen) atoms. The van der Waals surface area contributed by atoms with Crippen molar-refractivity contribution in [2.24, 2.45) is 7.05 Å². The van der Waals surface area contributed by atoms with Crippen LogP contribution in [0.25, 0.3) is 0 Å². The number of benzene rings is 1. The summed E-state index contributed by atoms with van der Waals surface area (Å²) in [6.45, 7) is 1.03. The van der Waals surface area contributed by atoms with Crippen molar-refractivity contribution in [3.8, 4) is 11.5 Å². The molecule has 2 aromatic rings. The molecule has 0 radical (unpaired) electrons. The lowest BCUT2D eigenvalue weighted by Crippen LogP contribution is -2.26. The maximum absolute atomic E-state index is 5.34. The molecule has 1 N–H and O–H groups in total. The lowest BCUT2D eigenvalue weighted by atomic mass is 10.2. The van der Waals surface area contributed by atoms with Gasteiger partial charge in [0.25, 0.3) is 0 Å². The highest BCUT2D eigenvalue weighted by Crippen LogP contribution is 2.32. The van der Waals surface area contributed by atoms with Gasteiger partial charge >= 0.3 is 4.77 Å². The third-order valence-electron chi connectivity index (χ3n) is 2.66. The van der Waals surface area contributed by atoms with Crippen LogP contribution in [0, 0.1) is 4.77 Å². The van der Waals surface area contributed by atoms with Crippen LogP contribution in [0.3, 0.4) is 0 Å². The molecule has 1 aliphatic heterocycles. The minimum Gasteiger partial charge on any atom is -0.454 e. The maximum atomic E-state index is 5.34. The zero-order valence-electron chi connectivity index (χ0n) is 9.34. The van der Waals surface area contributed by atoms with Crippen LogP contribution in [-0.4, -0.2) is 16.6 Å². The van der Waals surface area contributed by atoms with Gasteiger partial charge in [-0.05, 0) is 29.9 Å². The van der Waals surface area contributed by atoms with Crippen molar-refractivity contribution in [1.29, 1.82) is 0 Å². The Morgan fingerprint density at radius 1 is 1.41 bits per heavy atom. The normalized spacial score (nSPS) is 13.0. The lowest BCUT2D eigenvalue weighted by molar-refractivity contribution is -0.678. The van der Waals surface area contributed by atoms with E-state index in [9.17, 15) is 0 Å². The number of aryl methyl sites for hydroxylation is 1. The molecule has 6 heteroatoms. The predicted molar refractivity (Wildman–Crippen MR) is 62.5 cm³/mol. The number of ether oxygens (including phenoxy) is 2. The van der Waals surface area contributed by atoms with Gasteiger partial charge in [0.2, 0.25) is 13.1 Å². The molecule has 1 aromatic carbocycles. The minimum atomic E-state index is 0.305. The Morgan fingerprint density at radius 2 is 2.24 bits per heavy atom. The number of hydrogen-bond donors (Lipinski definition) is 1. The first-order valence-corrected chi connectivity index (χ1v) is 5.67. The standard InChI is InChI=1S/C11H11N3O2S/c1-13-6-14(12-11(13)17)5-8-2-3-9-10(4-8)16-7-15-9/h2-4,6H,5,7H2,1H3/p+1. The summed E-state index contributed by atoms with van der Waals surface area (Å²) in [4.78, 5) is 0. The van der Waals surface area contributed by atoms with Crippen molar-refractivity contribution in [1.82, 2.24) is 9.78 Å². The Bertz CT molecular complexity index is 617. The molecule has 1 aromatic heterocycles. The van der Waals surface area contributed by atoms with Gasteiger partial charge < -0.3 is 9.47 Å². The first-order chi connectivity index (χ1) is 8.22. The summed E-state index contributed by atoms with van der Waals surface area (Å²) in [6, 6.07) is 5.93. The highest BCUT2D eigenvalue weighted by Gasteiger charge is 2.14. The van der Waals surface area contributed by atoms with Gasteiger partial charge in [-0.15, -0.1) is 9.78 Å². The molecule has 0 bridgehead atoms. The van der Waals surface area contributed by atoms with Gasteiger partial charge in [0.05, 0.1) is 7.05 Å². The third kappa shape index (κ3) is 1.91. The van der Waals surface area contributed by atoms with Crippen molar-refractivity contribution in [2.75, 3.05) is 6.79 Å². The van der Waals surface area contributed by atoms with E-state index in [1.807, 2.05) is 40.8 Å². The van der Waals surface area contributed by atoms with Gasteiger partial charge in [-0.2, -0.15) is 0 Å². The molecule has 0 unspecified atom stereocenters. The van der Waals surface area contributed by atoms with E-state index in [1.54, 1.807) is 0 Å². The molecule has 0 fully saturated rings. The van der Waals surface area contributed by atoms with Gasteiger partial charge in [0, 0.05) is 0 Å². The lowest BCUT2D eigenvalue weighted by Gasteiger charge is -1.99. The second-order valence-corrected chi connectivity index (χ2v) is 4.35. The first kappa shape index (κ1) is 10.3. The van der Waals surface area contributed by atoms with Gasteiger partial charge in [-0.3, -0.25) is 0 Å². The number of aromatic nitrogens is 3. The number of fused-ring (bicyclic) bond motifs is 1. The quantitative estimate of drug-likeness (QED) is 0.642. The van der Waals surface area contributed by atoms with Crippen LogP contribution < -0.4 is 14.0 Å². The van der Waals surface area contributed by atoms with E-state index < -0.39 is 0 Å². The van der Waals surface area contributed by atoms with Crippen LogP contribution in [0.4, 0.5) is 0 Å². The second-order valence-electron chi connectivity index (χ2n) is 3.96. The number of nitrogens with zero attached hydrogens (tertiary/aromatic N) is 2. The van der Waals surface area contributed by atoms with Gasteiger partial charge in [-0.25, -0.2) is 4.57 Å². The molecule has 0 spiro atoms. The monoisotopic (exact) mass is 250 g/mol. The summed E-state index contributed by atoms with van der Waals surface area (Å²) in [5.74, 6) is 1.61. The van der Waals surface area contributed by atoms with E-state index in [1.165, 1.54) is 0 Å². The number of nitrogens with one attached hydrogen (secondary N) is 1. The van der Waals surface area contributed by atoms with E-state index in [0.29, 0.717) is 11.6 Å². The van der Waals surface area contributed by atoms with Gasteiger partial charge in [0.1, 0.15) is 6.54 Å². The van der Waals surface area contributed by atoms with Crippen molar-refractivity contribution >= 4 is 12.2 Å². The molecule has 3 rings (SSSR count). The average molecular weight is 250 g/mol. The number of hydrogen-bond acceptors (Lipinski definition) is 3. The fraction of sp³-hybridized carbons (Fsp3) is 0.273. The molecule has 0 amide bonds. The molecule has 0 saturated heterocycles. The third-order valence-corrected chi connectivity index (χ3v) is 3.04. The molecule has 5 nitrogen and oxygen atoms in total. The zero-order valence-corrected chi connectivity index (χ0v) is 10.2. The van der Waals surface area contributed by atoms with E-state index in [4.69, 9.17) is 21.7 Å². The van der Waals surface area contributed by atoms with Crippen LogP contribution in [0.1, 0.15) is 5.56 Å². The largest absolute Gasteiger partial charge is 0.454 e. The Balaban J connectivity index is 1.88. The summed E-state index contributed by atoms with van der Waals surface area (Å²) in [5, 5.41) is 3.08. The molecule has 2 heterocycles. The highest BCUT2D eigenvalue weighted by atomic mass is 32.1. The maximum Gasteiger partial charge on any atom is 0.322 e. The Kier molecular flexibility index (Phi) is 2.36. The van der Waals surface area contributed by atoms with Crippen molar-refractivity contribution in [3.05, 3.63) is 34.9 Å². The van der Waals surface area contributed by atoms with Crippen molar-refractivity contribution in [3.63, 3.8) is 0 Å². The van der Waals surface area contributed by atoms with Crippen molar-refractivity contribution < 1.29 is 14.0 Å². The van der Waals surface area contributed by atoms with Gasteiger partial charge in [0.15, 0.2) is 11.5 Å². The molecule has 1 aliphatic rings. The average Bonchev–Trinajstić information content (AvgIpc) is 2.86. The van der Waals surface area contributed by atoms with E-state index in [0.717, 1.165) is 23.6 Å². The molecule has 0 saturated carbocycles. The van der Waals surface area contributed by atoms with E-state index in [-0.39, 0.29) is 0 Å². The second kappa shape index (κ2) is 3.89. The number of aromatic amines is 1. The number of rotatable bonds is 2. The summed E-state index contributed by atoms with van der Waals surface area (Å²) >= 11 is 5.11. The van der Waals surface area contributed by atoms with Crippen LogP contribution in [0.15, 0.2) is 24.5 Å². The van der Waals surface area contributed by atoms with E-state index in [2.05, 4.69) is 5.10 Å². The molecule has 88 valence electrons. The summed E-state index contributed by atoms with van der Waals surface area (Å²) in [6.07, 6.45) is 1.92. The van der Waals surface area contributed by atoms with Gasteiger partial charge in [-0.1, -0.05) is 6.07 Å². The van der Waals surface area contributed by atoms with Crippen LogP contribution in [0.2, 0.25) is 0 Å². The zero-order chi connectivity index (χ0) is 11.8. The summed E-state index contributed by atoms with van der Waals surface area (Å²) in [7, 11) is 1.91. The topological polar surface area (TPSA) is 43.1 Å². The minimum absolute atomic E-state index is 0.305. The Labute approximate surface area is 103 Å². The molecular weight excluding hydrogens is 238 g/mol. The Morgan fingerprint density at radius 3 is 3.00 bits per heavy atom. The van der Waals surface area contributed by atoms with Crippen LogP contribution >= 0.6 is 12.2 Å². The fourth-order valence-corrected chi connectivity index (χ4v) is 1.97. The summed E-state index contributed by atoms with van der Waals surface area (Å²) < 4.78 is 15.1. The smallest absolute Gasteiger partial charge is 0.322 e. The highest BCUT2D eigenvalue weighted by molar-refractivity contribution is 7.71. The number of H-pyrrole nitrogens is 1. The molecule has 0 aliphatic carbocycles. The fourth-order valence-electron chi connectivity index (χ4n) is 1.81. The predicted octanol–water partition coefficient (Wildman–Crippen LogP) is 1.15. The SMILES string of the molecule is C[n+]1cn(Cc2ccc3c(c2)OCO3)[nH]c1=S. The first-order valence-electron chi connectivity index (χ1n) is 5.26. The van der Waals surface area contributed by atoms with E-state index >= 15 is 0 Å². The molecular formula is C11H12N3O2S+. The van der Waals surface area contributed by atoms with Crippen LogP contribution in [0.5, 0.6) is 11.5 Å². The van der Waals surface area contributed by atoms with Crippen LogP contribution in [-0.2, 0) is 13.6 Å². The van der Waals surface area contributed by atoms with Crippen molar-refractivity contribution in [2.45, 2.75) is 6.54 Å². The summed E-state index contributed by atoms with van der Waals surface area (Å²) in [5.41, 5.74) is 1.14. The molecule has 0 atom stereocenters.